The van der Waals surface area contributed by atoms with Gasteiger partial charge in [0, 0.05) is 19.2 Å². The van der Waals surface area contributed by atoms with Crippen molar-refractivity contribution in [3.05, 3.63) is 33.5 Å². The van der Waals surface area contributed by atoms with E-state index in [0.717, 1.165) is 12.8 Å². The van der Waals surface area contributed by atoms with E-state index in [9.17, 15) is 0 Å². The SMILES string of the molecule is CCCCCCCCCCCCc1nc(C)sc1-c1cc2sc(-c3sc(C)nc3CCCCCCCCCCCC)cc2s1. The Labute approximate surface area is 285 Å². The summed E-state index contributed by atoms with van der Waals surface area (Å²) in [5.74, 6) is 0. The van der Waals surface area contributed by atoms with Crippen molar-refractivity contribution in [1.29, 1.82) is 0 Å². The topological polar surface area (TPSA) is 25.8 Å². The molecular weight excluding hydrogens is 613 g/mol. The van der Waals surface area contributed by atoms with Crippen LogP contribution in [0.1, 0.15) is 164 Å². The molecule has 0 saturated heterocycles. The van der Waals surface area contributed by atoms with Crippen molar-refractivity contribution in [2.24, 2.45) is 0 Å². The first-order valence-corrected chi connectivity index (χ1v) is 21.3. The molecule has 44 heavy (non-hydrogen) atoms. The quantitative estimate of drug-likeness (QED) is 0.0693. The van der Waals surface area contributed by atoms with Gasteiger partial charge in [0.25, 0.3) is 0 Å². The van der Waals surface area contributed by atoms with Crippen molar-refractivity contribution >= 4 is 54.7 Å². The molecule has 0 unspecified atom stereocenters. The fraction of sp³-hybridized carbons (Fsp3) is 0.684. The number of aromatic nitrogens is 2. The molecular formula is C38H58N2S4. The highest BCUT2D eigenvalue weighted by molar-refractivity contribution is 7.33. The average Bonchev–Trinajstić information content (AvgIpc) is 3.77. The summed E-state index contributed by atoms with van der Waals surface area (Å²) >= 11 is 7.71. The number of hydrogen-bond donors (Lipinski definition) is 0. The Bertz CT molecular complexity index is 1210. The van der Waals surface area contributed by atoms with Crippen LogP contribution in [0.25, 0.3) is 28.9 Å². The van der Waals surface area contributed by atoms with E-state index < -0.39 is 0 Å². The van der Waals surface area contributed by atoms with E-state index >= 15 is 0 Å². The standard InChI is InChI=1S/C38H58N2S4/c1-5-7-9-11-13-15-17-19-21-23-25-31-37(41-29(3)39-31)35-27-33-34(43-35)28-36(44-33)38-32(40-30(4)42-38)26-24-22-20-18-16-14-12-10-8-6-2/h27-28H,5-26H2,1-4H3. The molecule has 0 fully saturated rings. The minimum absolute atomic E-state index is 1.12. The number of rotatable bonds is 24. The smallest absolute Gasteiger partial charge is 0.0904 e. The normalized spacial score (nSPS) is 11.8. The van der Waals surface area contributed by atoms with Crippen LogP contribution in [0.2, 0.25) is 0 Å². The van der Waals surface area contributed by atoms with Crippen molar-refractivity contribution < 1.29 is 0 Å². The highest BCUT2D eigenvalue weighted by Gasteiger charge is 2.18. The molecule has 6 heteroatoms. The third kappa shape index (κ3) is 11.6. The van der Waals surface area contributed by atoms with Crippen LogP contribution in [-0.2, 0) is 12.8 Å². The van der Waals surface area contributed by atoms with Crippen LogP contribution in [0.4, 0.5) is 0 Å². The summed E-state index contributed by atoms with van der Waals surface area (Å²) in [6, 6.07) is 4.89. The molecule has 0 aliphatic carbocycles. The number of aryl methyl sites for hydroxylation is 4. The van der Waals surface area contributed by atoms with Crippen LogP contribution in [-0.4, -0.2) is 9.97 Å². The molecule has 0 aliphatic rings. The predicted molar refractivity (Wildman–Crippen MR) is 202 cm³/mol. The summed E-state index contributed by atoms with van der Waals surface area (Å²) < 4.78 is 2.85. The summed E-state index contributed by atoms with van der Waals surface area (Å²) in [4.78, 5) is 15.6. The van der Waals surface area contributed by atoms with Gasteiger partial charge in [-0.3, -0.25) is 0 Å². The maximum Gasteiger partial charge on any atom is 0.0904 e. The highest BCUT2D eigenvalue weighted by atomic mass is 32.1. The van der Waals surface area contributed by atoms with Crippen molar-refractivity contribution in [2.45, 2.75) is 169 Å². The van der Waals surface area contributed by atoms with Gasteiger partial charge in [0.15, 0.2) is 0 Å². The zero-order chi connectivity index (χ0) is 31.0. The monoisotopic (exact) mass is 670 g/mol. The molecule has 0 spiro atoms. The summed E-state index contributed by atoms with van der Waals surface area (Å²) in [6.45, 7) is 8.94. The molecule has 0 atom stereocenters. The Balaban J connectivity index is 1.25. The predicted octanol–water partition coefficient (Wildman–Crippen LogP) is 14.8. The summed E-state index contributed by atoms with van der Waals surface area (Å²) in [5.41, 5.74) is 2.66. The first kappa shape index (κ1) is 35.8. The number of thiazole rings is 2. The maximum atomic E-state index is 4.99. The molecule has 0 saturated carbocycles. The second-order valence-corrected chi connectivity index (χ2v) is 17.4. The number of hydrogen-bond acceptors (Lipinski definition) is 6. The van der Waals surface area contributed by atoms with Crippen molar-refractivity contribution in [2.75, 3.05) is 0 Å². The Hall–Kier alpha value is -1.08. The second-order valence-electron chi connectivity index (χ2n) is 12.8. The molecule has 0 aliphatic heterocycles. The van der Waals surface area contributed by atoms with Gasteiger partial charge in [-0.05, 0) is 51.7 Å². The lowest BCUT2D eigenvalue weighted by atomic mass is 10.0. The minimum Gasteiger partial charge on any atom is -0.246 e. The largest absolute Gasteiger partial charge is 0.246 e. The molecule has 0 N–H and O–H groups in total. The Morgan fingerprint density at radius 3 is 1.09 bits per heavy atom. The van der Waals surface area contributed by atoms with Crippen LogP contribution >= 0.6 is 45.3 Å². The van der Waals surface area contributed by atoms with Gasteiger partial charge >= 0.3 is 0 Å². The van der Waals surface area contributed by atoms with E-state index in [0.29, 0.717) is 0 Å². The molecule has 0 amide bonds. The minimum atomic E-state index is 1.12. The lowest BCUT2D eigenvalue weighted by Crippen LogP contribution is -1.89. The van der Waals surface area contributed by atoms with E-state index in [1.165, 1.54) is 179 Å². The number of fused-ring (bicyclic) bond motifs is 1. The number of thiophene rings is 2. The van der Waals surface area contributed by atoms with Crippen LogP contribution in [0.5, 0.6) is 0 Å². The Kier molecular flexibility index (Phi) is 16.4. The summed E-state index contributed by atoms with van der Waals surface area (Å²) in [7, 11) is 0. The van der Waals surface area contributed by atoms with Gasteiger partial charge in [-0.2, -0.15) is 0 Å². The van der Waals surface area contributed by atoms with Crippen LogP contribution in [0, 0.1) is 13.8 Å². The molecule has 4 heterocycles. The third-order valence-electron chi connectivity index (χ3n) is 8.80. The van der Waals surface area contributed by atoms with Crippen molar-refractivity contribution in [3.63, 3.8) is 0 Å². The lowest BCUT2D eigenvalue weighted by molar-refractivity contribution is 0.555. The van der Waals surface area contributed by atoms with E-state index in [4.69, 9.17) is 9.97 Å². The molecule has 4 rings (SSSR count). The van der Waals surface area contributed by atoms with Crippen LogP contribution in [0.15, 0.2) is 12.1 Å². The van der Waals surface area contributed by atoms with E-state index in [1.54, 1.807) is 0 Å². The molecule has 0 radical (unpaired) electrons. The van der Waals surface area contributed by atoms with E-state index in [-0.39, 0.29) is 0 Å². The van der Waals surface area contributed by atoms with Crippen LogP contribution in [0.3, 0.4) is 0 Å². The summed E-state index contributed by atoms with van der Waals surface area (Å²) in [5, 5.41) is 2.41. The fourth-order valence-electron chi connectivity index (χ4n) is 6.28. The van der Waals surface area contributed by atoms with Crippen molar-refractivity contribution in [1.82, 2.24) is 9.97 Å². The zero-order valence-corrected chi connectivity index (χ0v) is 31.5. The van der Waals surface area contributed by atoms with Gasteiger partial charge < -0.3 is 0 Å². The third-order valence-corrected chi connectivity index (χ3v) is 13.5. The molecule has 4 aromatic rings. The first-order chi connectivity index (χ1) is 21.6. The zero-order valence-electron chi connectivity index (χ0n) is 28.2. The van der Waals surface area contributed by atoms with Gasteiger partial charge in [-0.15, -0.1) is 45.3 Å². The van der Waals surface area contributed by atoms with Gasteiger partial charge in [-0.25, -0.2) is 9.97 Å². The lowest BCUT2D eigenvalue weighted by Gasteiger charge is -2.03. The molecule has 0 aromatic carbocycles. The van der Waals surface area contributed by atoms with Gasteiger partial charge in [0.1, 0.15) is 0 Å². The fourth-order valence-corrected chi connectivity index (χ4v) is 10.9. The van der Waals surface area contributed by atoms with E-state index in [2.05, 4.69) is 39.8 Å². The molecule has 0 bridgehead atoms. The molecule has 244 valence electrons. The van der Waals surface area contributed by atoms with Crippen LogP contribution < -0.4 is 0 Å². The highest BCUT2D eigenvalue weighted by Crippen LogP contribution is 2.46. The summed E-state index contributed by atoms with van der Waals surface area (Å²) in [6.07, 6.45) is 29.9. The molecule has 2 nitrogen and oxygen atoms in total. The van der Waals surface area contributed by atoms with Gasteiger partial charge in [0.05, 0.1) is 31.2 Å². The van der Waals surface area contributed by atoms with Gasteiger partial charge in [-0.1, -0.05) is 129 Å². The second kappa shape index (κ2) is 20.2. The number of unbranched alkanes of at least 4 members (excludes halogenated alkanes) is 18. The number of nitrogens with zero attached hydrogens (tertiary/aromatic N) is 2. The molecule has 4 aromatic heterocycles. The first-order valence-electron chi connectivity index (χ1n) is 18.1. The average molecular weight is 671 g/mol. The van der Waals surface area contributed by atoms with Gasteiger partial charge in [0.2, 0.25) is 0 Å². The van der Waals surface area contributed by atoms with E-state index in [1.807, 2.05) is 45.3 Å². The Morgan fingerprint density at radius 1 is 0.432 bits per heavy atom. The Morgan fingerprint density at radius 2 is 0.750 bits per heavy atom. The maximum absolute atomic E-state index is 4.99. The van der Waals surface area contributed by atoms with Crippen molar-refractivity contribution in [3.8, 4) is 19.5 Å².